The van der Waals surface area contributed by atoms with E-state index in [2.05, 4.69) is 31.2 Å². The summed E-state index contributed by atoms with van der Waals surface area (Å²) < 4.78 is 5.42. The van der Waals surface area contributed by atoms with Crippen LogP contribution in [0.25, 0.3) is 0 Å². The third-order valence-electron chi connectivity index (χ3n) is 3.32. The molecule has 0 aliphatic heterocycles. The van der Waals surface area contributed by atoms with Gasteiger partial charge in [-0.1, -0.05) is 0 Å². The van der Waals surface area contributed by atoms with Crippen LogP contribution in [-0.2, 0) is 6.54 Å². The molecule has 0 bridgehead atoms. The third kappa shape index (κ3) is 5.08. The largest absolute Gasteiger partial charge is 0.496 e. The minimum absolute atomic E-state index is 0.552. The minimum atomic E-state index is 0.552. The van der Waals surface area contributed by atoms with Crippen molar-refractivity contribution in [1.29, 1.82) is 0 Å². The van der Waals surface area contributed by atoms with E-state index in [1.807, 2.05) is 38.4 Å². The normalized spacial score (nSPS) is 10.4. The molecule has 0 fully saturated rings. The molecule has 0 spiro atoms. The molecule has 0 radical (unpaired) electrons. The summed E-state index contributed by atoms with van der Waals surface area (Å²) in [5, 5.41) is 12.7. The van der Waals surface area contributed by atoms with Crippen molar-refractivity contribution < 1.29 is 4.74 Å². The van der Waals surface area contributed by atoms with Gasteiger partial charge in [0.2, 0.25) is 5.95 Å². The lowest BCUT2D eigenvalue weighted by Gasteiger charge is -2.13. The first-order chi connectivity index (χ1) is 11.3. The number of ether oxygens (including phenoxy) is 1. The van der Waals surface area contributed by atoms with E-state index in [9.17, 15) is 0 Å². The maximum Gasteiger partial charge on any atom is 0.229 e. The highest BCUT2D eigenvalue weighted by Crippen LogP contribution is 2.24. The average Bonchev–Trinajstić information content (AvgIpc) is 2.59. The second kappa shape index (κ2) is 8.92. The molecule has 124 valence electrons. The SMILES string of the molecule is CNCCNCc1cc(Nc2nccc(NC)n2)ccc1OC. The fourth-order valence-electron chi connectivity index (χ4n) is 2.12. The molecule has 0 aliphatic carbocycles. The number of aromatic nitrogens is 2. The van der Waals surface area contributed by atoms with Crippen molar-refractivity contribution in [2.45, 2.75) is 6.54 Å². The second-order valence-electron chi connectivity index (χ2n) is 4.95. The molecule has 0 saturated carbocycles. The Balaban J connectivity index is 2.09. The number of benzene rings is 1. The fourth-order valence-corrected chi connectivity index (χ4v) is 2.12. The summed E-state index contributed by atoms with van der Waals surface area (Å²) in [6.45, 7) is 2.55. The van der Waals surface area contributed by atoms with Crippen LogP contribution in [0.15, 0.2) is 30.5 Å². The lowest BCUT2D eigenvalue weighted by molar-refractivity contribution is 0.408. The molecule has 1 aromatic carbocycles. The molecule has 2 aromatic rings. The van der Waals surface area contributed by atoms with E-state index in [0.29, 0.717) is 5.95 Å². The maximum absolute atomic E-state index is 5.42. The average molecular weight is 316 g/mol. The number of nitrogens with zero attached hydrogens (tertiary/aromatic N) is 2. The first kappa shape index (κ1) is 17.0. The Morgan fingerprint density at radius 1 is 1.13 bits per heavy atom. The summed E-state index contributed by atoms with van der Waals surface area (Å²) in [5.41, 5.74) is 2.00. The third-order valence-corrected chi connectivity index (χ3v) is 3.32. The van der Waals surface area contributed by atoms with Crippen LogP contribution in [-0.4, -0.2) is 44.3 Å². The predicted molar refractivity (Wildman–Crippen MR) is 93.5 cm³/mol. The molecule has 0 unspecified atom stereocenters. The van der Waals surface area contributed by atoms with Gasteiger partial charge in [0.05, 0.1) is 7.11 Å². The van der Waals surface area contributed by atoms with Crippen molar-refractivity contribution in [2.24, 2.45) is 0 Å². The maximum atomic E-state index is 5.42. The van der Waals surface area contributed by atoms with Gasteiger partial charge in [-0.05, 0) is 31.3 Å². The van der Waals surface area contributed by atoms with Crippen LogP contribution in [0.1, 0.15) is 5.56 Å². The summed E-state index contributed by atoms with van der Waals surface area (Å²) in [4.78, 5) is 8.58. The van der Waals surface area contributed by atoms with E-state index < -0.39 is 0 Å². The fraction of sp³-hybridized carbons (Fsp3) is 0.375. The summed E-state index contributed by atoms with van der Waals surface area (Å²) in [7, 11) is 5.44. The van der Waals surface area contributed by atoms with E-state index >= 15 is 0 Å². The van der Waals surface area contributed by atoms with Crippen LogP contribution < -0.4 is 26.0 Å². The number of anilines is 3. The van der Waals surface area contributed by atoms with Crippen LogP contribution in [0.4, 0.5) is 17.5 Å². The van der Waals surface area contributed by atoms with E-state index in [0.717, 1.165) is 42.5 Å². The van der Waals surface area contributed by atoms with Gasteiger partial charge in [-0.15, -0.1) is 0 Å². The Kier molecular flexibility index (Phi) is 6.58. The number of rotatable bonds is 9. The Morgan fingerprint density at radius 2 is 2.00 bits per heavy atom. The molecule has 4 N–H and O–H groups in total. The zero-order valence-corrected chi connectivity index (χ0v) is 13.8. The Hall–Kier alpha value is -2.38. The molecular weight excluding hydrogens is 292 g/mol. The van der Waals surface area contributed by atoms with Gasteiger partial charge in [0.25, 0.3) is 0 Å². The van der Waals surface area contributed by atoms with Gasteiger partial charge >= 0.3 is 0 Å². The highest BCUT2D eigenvalue weighted by atomic mass is 16.5. The van der Waals surface area contributed by atoms with Crippen LogP contribution in [0.2, 0.25) is 0 Å². The van der Waals surface area contributed by atoms with Crippen molar-refractivity contribution in [3.63, 3.8) is 0 Å². The van der Waals surface area contributed by atoms with E-state index in [1.54, 1.807) is 13.3 Å². The van der Waals surface area contributed by atoms with Crippen LogP contribution >= 0.6 is 0 Å². The van der Waals surface area contributed by atoms with Crippen molar-refractivity contribution in [3.05, 3.63) is 36.0 Å². The number of hydrogen-bond acceptors (Lipinski definition) is 7. The van der Waals surface area contributed by atoms with Crippen molar-refractivity contribution in [3.8, 4) is 5.75 Å². The molecule has 1 heterocycles. The first-order valence-corrected chi connectivity index (χ1v) is 7.57. The van der Waals surface area contributed by atoms with Crippen molar-refractivity contribution in [2.75, 3.05) is 44.9 Å². The number of likely N-dealkylation sites (N-methyl/N-ethyl adjacent to an activating group) is 1. The summed E-state index contributed by atoms with van der Waals surface area (Å²) in [5.74, 6) is 2.18. The zero-order chi connectivity index (χ0) is 16.5. The Bertz CT molecular complexity index is 619. The number of methoxy groups -OCH3 is 1. The number of hydrogen-bond donors (Lipinski definition) is 4. The van der Waals surface area contributed by atoms with Crippen molar-refractivity contribution >= 4 is 17.5 Å². The van der Waals surface area contributed by atoms with E-state index in [4.69, 9.17) is 4.74 Å². The first-order valence-electron chi connectivity index (χ1n) is 7.57. The summed E-state index contributed by atoms with van der Waals surface area (Å²) in [6, 6.07) is 7.75. The summed E-state index contributed by atoms with van der Waals surface area (Å²) >= 11 is 0. The lowest BCUT2D eigenvalue weighted by atomic mass is 10.1. The van der Waals surface area contributed by atoms with E-state index in [1.165, 1.54) is 0 Å². The molecule has 7 heteroatoms. The van der Waals surface area contributed by atoms with E-state index in [-0.39, 0.29) is 0 Å². The van der Waals surface area contributed by atoms with Crippen LogP contribution in [0, 0.1) is 0 Å². The molecule has 0 saturated heterocycles. The highest BCUT2D eigenvalue weighted by Gasteiger charge is 2.06. The Morgan fingerprint density at radius 3 is 2.74 bits per heavy atom. The molecule has 0 aliphatic rings. The molecule has 0 amide bonds. The van der Waals surface area contributed by atoms with Gasteiger partial charge in [0.1, 0.15) is 11.6 Å². The van der Waals surface area contributed by atoms with Gasteiger partial charge < -0.3 is 26.0 Å². The monoisotopic (exact) mass is 316 g/mol. The van der Waals surface area contributed by atoms with Gasteiger partial charge in [-0.2, -0.15) is 4.98 Å². The lowest BCUT2D eigenvalue weighted by Crippen LogP contribution is -2.24. The van der Waals surface area contributed by atoms with Gasteiger partial charge in [-0.25, -0.2) is 4.98 Å². The smallest absolute Gasteiger partial charge is 0.229 e. The van der Waals surface area contributed by atoms with Gasteiger partial charge in [0, 0.05) is 44.1 Å². The van der Waals surface area contributed by atoms with Crippen molar-refractivity contribution in [1.82, 2.24) is 20.6 Å². The topological polar surface area (TPSA) is 83.1 Å². The minimum Gasteiger partial charge on any atom is -0.496 e. The Labute approximate surface area is 136 Å². The quantitative estimate of drug-likeness (QED) is 0.523. The standard InChI is InChI=1S/C16H24N6O/c1-17-8-9-19-11-12-10-13(4-5-14(12)23-3)21-16-20-7-6-15(18-2)22-16/h4-7,10,17,19H,8-9,11H2,1-3H3,(H2,18,20,21,22). The van der Waals surface area contributed by atoms with Crippen LogP contribution in [0.3, 0.4) is 0 Å². The molecule has 0 atom stereocenters. The molecular formula is C16H24N6O. The molecule has 1 aromatic heterocycles. The molecule has 7 nitrogen and oxygen atoms in total. The molecule has 23 heavy (non-hydrogen) atoms. The predicted octanol–water partition coefficient (Wildman–Crippen LogP) is 1.58. The van der Waals surface area contributed by atoms with Gasteiger partial charge in [0.15, 0.2) is 0 Å². The summed E-state index contributed by atoms with van der Waals surface area (Å²) in [6.07, 6.45) is 1.71. The van der Waals surface area contributed by atoms with Gasteiger partial charge in [-0.3, -0.25) is 0 Å². The zero-order valence-electron chi connectivity index (χ0n) is 13.8. The van der Waals surface area contributed by atoms with Crippen LogP contribution in [0.5, 0.6) is 5.75 Å². The molecule has 2 rings (SSSR count). The second-order valence-corrected chi connectivity index (χ2v) is 4.95. The number of nitrogens with one attached hydrogen (secondary N) is 4. The highest BCUT2D eigenvalue weighted by molar-refractivity contribution is 5.58.